The lowest BCUT2D eigenvalue weighted by Crippen LogP contribution is -2.34. The first-order valence-corrected chi connectivity index (χ1v) is 11.0. The second-order valence-corrected chi connectivity index (χ2v) is 9.30. The van der Waals surface area contributed by atoms with Crippen LogP contribution in [0.3, 0.4) is 0 Å². The summed E-state index contributed by atoms with van der Waals surface area (Å²) in [6.07, 6.45) is 2.65. The fraction of sp³-hybridized carbons (Fsp3) is 0.278. The summed E-state index contributed by atoms with van der Waals surface area (Å²) in [7, 11) is -3.32. The van der Waals surface area contributed by atoms with Crippen molar-refractivity contribution in [3.8, 4) is 5.75 Å². The van der Waals surface area contributed by atoms with Crippen molar-refractivity contribution in [2.45, 2.75) is 12.8 Å². The van der Waals surface area contributed by atoms with Crippen LogP contribution in [-0.4, -0.2) is 33.6 Å². The van der Waals surface area contributed by atoms with Crippen LogP contribution in [0.2, 0.25) is 5.02 Å². The van der Waals surface area contributed by atoms with Gasteiger partial charge in [0.05, 0.1) is 17.0 Å². The number of sulfonamides is 1. The summed E-state index contributed by atoms with van der Waals surface area (Å²) in [5.41, 5.74) is 1.99. The van der Waals surface area contributed by atoms with Crippen molar-refractivity contribution in [2.75, 3.05) is 23.7 Å². The molecule has 5 nitrogen and oxygen atoms in total. The van der Waals surface area contributed by atoms with Crippen molar-refractivity contribution in [1.82, 2.24) is 0 Å². The molecule has 0 saturated carbocycles. The van der Waals surface area contributed by atoms with Gasteiger partial charge in [-0.2, -0.15) is 0 Å². The number of Topliss-reactive ketones (excluding diaryl/α,β-unsaturated/α-hetero) is 1. The second kappa shape index (κ2) is 7.58. The number of rotatable bonds is 5. The molecule has 0 saturated heterocycles. The van der Waals surface area contributed by atoms with Crippen molar-refractivity contribution in [1.29, 1.82) is 0 Å². The fourth-order valence-electron chi connectivity index (χ4n) is 2.90. The molecule has 1 aliphatic rings. The molecule has 2 aromatic rings. The van der Waals surface area contributed by atoms with Gasteiger partial charge in [-0.05, 0) is 54.8 Å². The maximum Gasteiger partial charge on any atom is 0.232 e. The highest BCUT2D eigenvalue weighted by molar-refractivity contribution is 9.10. The Bertz CT molecular complexity index is 962. The molecule has 0 atom stereocenters. The SMILES string of the molecule is CS(=O)(=O)N1CCCc2cc(C(=O)COc3ccc(Br)cc3Cl)ccc21. The van der Waals surface area contributed by atoms with E-state index in [9.17, 15) is 13.2 Å². The number of hydrogen-bond donors (Lipinski definition) is 0. The van der Waals surface area contributed by atoms with E-state index in [1.54, 1.807) is 36.4 Å². The van der Waals surface area contributed by atoms with E-state index in [1.807, 2.05) is 0 Å². The molecule has 2 aromatic carbocycles. The van der Waals surface area contributed by atoms with Crippen LogP contribution in [0.4, 0.5) is 5.69 Å². The van der Waals surface area contributed by atoms with Crippen LogP contribution >= 0.6 is 27.5 Å². The minimum absolute atomic E-state index is 0.143. The van der Waals surface area contributed by atoms with E-state index in [2.05, 4.69) is 15.9 Å². The lowest BCUT2D eigenvalue weighted by Gasteiger charge is -2.29. The third kappa shape index (κ3) is 4.22. The number of ether oxygens (including phenoxy) is 1. The average molecular weight is 459 g/mol. The molecule has 0 spiro atoms. The highest BCUT2D eigenvalue weighted by Crippen LogP contribution is 2.31. The average Bonchev–Trinajstić information content (AvgIpc) is 2.59. The Morgan fingerprint density at radius 2 is 2.04 bits per heavy atom. The molecule has 0 bridgehead atoms. The standard InChI is InChI=1S/C18H17BrClNO4S/c1-26(23,24)21-8-2-3-12-9-13(4-6-16(12)21)17(22)11-25-18-7-5-14(19)10-15(18)20/h4-7,9-10H,2-3,8,11H2,1H3. The number of fused-ring (bicyclic) bond motifs is 1. The first kappa shape index (κ1) is 19.2. The van der Waals surface area contributed by atoms with Crippen molar-refractivity contribution in [3.05, 3.63) is 57.0 Å². The molecule has 0 radical (unpaired) electrons. The third-order valence-electron chi connectivity index (χ3n) is 4.13. The van der Waals surface area contributed by atoms with E-state index in [0.29, 0.717) is 28.6 Å². The molecule has 8 heteroatoms. The highest BCUT2D eigenvalue weighted by atomic mass is 79.9. The van der Waals surface area contributed by atoms with Crippen molar-refractivity contribution in [2.24, 2.45) is 0 Å². The molecule has 1 heterocycles. The van der Waals surface area contributed by atoms with Gasteiger partial charge in [0, 0.05) is 16.6 Å². The Balaban J connectivity index is 1.76. The first-order chi connectivity index (χ1) is 12.3. The smallest absolute Gasteiger partial charge is 0.232 e. The van der Waals surface area contributed by atoms with E-state index in [4.69, 9.17) is 16.3 Å². The summed E-state index contributed by atoms with van der Waals surface area (Å²) in [6.45, 7) is 0.320. The maximum atomic E-state index is 12.5. The monoisotopic (exact) mass is 457 g/mol. The van der Waals surface area contributed by atoms with Gasteiger partial charge in [0.25, 0.3) is 0 Å². The number of carbonyl (C=O) groups is 1. The van der Waals surface area contributed by atoms with Crippen molar-refractivity contribution in [3.63, 3.8) is 0 Å². The molecule has 0 unspecified atom stereocenters. The Labute approximate surface area is 166 Å². The van der Waals surface area contributed by atoms with Gasteiger partial charge in [-0.25, -0.2) is 8.42 Å². The number of ketones is 1. The highest BCUT2D eigenvalue weighted by Gasteiger charge is 2.24. The molecule has 3 rings (SSSR count). The lowest BCUT2D eigenvalue weighted by atomic mass is 9.99. The summed E-state index contributed by atoms with van der Waals surface area (Å²) in [4.78, 5) is 12.5. The van der Waals surface area contributed by atoms with E-state index < -0.39 is 10.0 Å². The summed E-state index contributed by atoms with van der Waals surface area (Å²) in [6, 6.07) is 10.2. The van der Waals surface area contributed by atoms with Crippen LogP contribution in [0.25, 0.3) is 0 Å². The van der Waals surface area contributed by atoms with Gasteiger partial charge in [-0.15, -0.1) is 0 Å². The zero-order chi connectivity index (χ0) is 18.9. The summed E-state index contributed by atoms with van der Waals surface area (Å²) in [5.74, 6) is 0.243. The number of benzene rings is 2. The van der Waals surface area contributed by atoms with E-state index >= 15 is 0 Å². The molecule has 138 valence electrons. The fourth-order valence-corrected chi connectivity index (χ4v) is 4.62. The molecule has 0 fully saturated rings. The van der Waals surface area contributed by atoms with Crippen LogP contribution in [0, 0.1) is 0 Å². The van der Waals surface area contributed by atoms with Crippen LogP contribution < -0.4 is 9.04 Å². The molecule has 0 amide bonds. The summed E-state index contributed by atoms with van der Waals surface area (Å²) in [5, 5.41) is 0.418. The molecule has 0 aliphatic carbocycles. The van der Waals surface area contributed by atoms with Crippen molar-refractivity contribution >= 4 is 49.0 Å². The molecular weight excluding hydrogens is 442 g/mol. The Kier molecular flexibility index (Phi) is 5.60. The predicted octanol–water partition coefficient (Wildman–Crippen LogP) is 4.08. The Morgan fingerprint density at radius 3 is 2.73 bits per heavy atom. The van der Waals surface area contributed by atoms with Gasteiger partial charge in [0.2, 0.25) is 10.0 Å². The maximum absolute atomic E-state index is 12.5. The van der Waals surface area contributed by atoms with Gasteiger partial charge in [0.1, 0.15) is 5.75 Å². The Morgan fingerprint density at radius 1 is 1.27 bits per heavy atom. The van der Waals surface area contributed by atoms with Gasteiger partial charge in [-0.1, -0.05) is 27.5 Å². The van der Waals surface area contributed by atoms with Crippen LogP contribution in [0.15, 0.2) is 40.9 Å². The molecule has 26 heavy (non-hydrogen) atoms. The zero-order valence-electron chi connectivity index (χ0n) is 14.0. The van der Waals surface area contributed by atoms with Crippen LogP contribution in [0.1, 0.15) is 22.3 Å². The van der Waals surface area contributed by atoms with E-state index in [-0.39, 0.29) is 12.4 Å². The van der Waals surface area contributed by atoms with Crippen molar-refractivity contribution < 1.29 is 17.9 Å². The van der Waals surface area contributed by atoms with Gasteiger partial charge in [-0.3, -0.25) is 9.10 Å². The predicted molar refractivity (Wildman–Crippen MR) is 106 cm³/mol. The number of hydrogen-bond acceptors (Lipinski definition) is 4. The number of nitrogens with zero attached hydrogens (tertiary/aromatic N) is 1. The number of carbonyl (C=O) groups excluding carboxylic acids is 1. The number of aryl methyl sites for hydroxylation is 1. The topological polar surface area (TPSA) is 63.7 Å². The van der Waals surface area contributed by atoms with Gasteiger partial charge < -0.3 is 4.74 Å². The normalized spacial score (nSPS) is 14.0. The third-order valence-corrected chi connectivity index (χ3v) is 6.10. The van der Waals surface area contributed by atoms with E-state index in [0.717, 1.165) is 22.9 Å². The summed E-state index contributed by atoms with van der Waals surface area (Å²) < 4.78 is 31.5. The molecular formula is C18H17BrClNO4S. The zero-order valence-corrected chi connectivity index (χ0v) is 17.2. The quantitative estimate of drug-likeness (QED) is 0.634. The molecule has 1 aliphatic heterocycles. The Hall–Kier alpha value is -1.57. The van der Waals surface area contributed by atoms with Gasteiger partial charge >= 0.3 is 0 Å². The first-order valence-electron chi connectivity index (χ1n) is 7.97. The largest absolute Gasteiger partial charge is 0.484 e. The minimum atomic E-state index is -3.32. The van der Waals surface area contributed by atoms with Crippen LogP contribution in [-0.2, 0) is 16.4 Å². The molecule has 0 N–H and O–H groups in total. The van der Waals surface area contributed by atoms with Crippen LogP contribution in [0.5, 0.6) is 5.75 Å². The number of anilines is 1. The molecule has 0 aromatic heterocycles. The lowest BCUT2D eigenvalue weighted by molar-refractivity contribution is 0.0921. The number of halogens is 2. The van der Waals surface area contributed by atoms with E-state index in [1.165, 1.54) is 10.6 Å². The summed E-state index contributed by atoms with van der Waals surface area (Å²) >= 11 is 9.40. The minimum Gasteiger partial charge on any atom is -0.484 e. The van der Waals surface area contributed by atoms with Gasteiger partial charge in [0.15, 0.2) is 12.4 Å². The second-order valence-electron chi connectivity index (χ2n) is 6.07.